The Morgan fingerprint density at radius 3 is 2.48 bits per heavy atom. The van der Waals surface area contributed by atoms with Crippen molar-refractivity contribution >= 4 is 33.3 Å². The highest BCUT2D eigenvalue weighted by molar-refractivity contribution is 7.18. The molecule has 1 saturated heterocycles. The van der Waals surface area contributed by atoms with Gasteiger partial charge < -0.3 is 14.5 Å². The number of nitrogens with zero attached hydrogens (tertiary/aromatic N) is 4. The van der Waals surface area contributed by atoms with Gasteiger partial charge in [-0.05, 0) is 23.8 Å². The summed E-state index contributed by atoms with van der Waals surface area (Å²) >= 11 is 1.04. The van der Waals surface area contributed by atoms with Crippen molar-refractivity contribution in [2.24, 2.45) is 0 Å². The van der Waals surface area contributed by atoms with Gasteiger partial charge in [-0.15, -0.1) is 11.3 Å². The molecule has 3 heterocycles. The van der Waals surface area contributed by atoms with Crippen LogP contribution in [-0.4, -0.2) is 60.2 Å². The van der Waals surface area contributed by atoms with Gasteiger partial charge >= 0.3 is 6.18 Å². The van der Waals surface area contributed by atoms with Crippen molar-refractivity contribution < 1.29 is 22.7 Å². The Morgan fingerprint density at radius 1 is 1.13 bits per heavy atom. The first-order valence-electron chi connectivity index (χ1n) is 9.78. The summed E-state index contributed by atoms with van der Waals surface area (Å²) in [6, 6.07) is 8.94. The van der Waals surface area contributed by atoms with E-state index < -0.39 is 12.6 Å². The van der Waals surface area contributed by atoms with Crippen LogP contribution in [0.15, 0.2) is 36.7 Å². The van der Waals surface area contributed by atoms with E-state index in [1.165, 1.54) is 12.4 Å². The fourth-order valence-corrected chi connectivity index (χ4v) is 4.65. The van der Waals surface area contributed by atoms with E-state index in [1.54, 1.807) is 7.11 Å². The summed E-state index contributed by atoms with van der Waals surface area (Å²) in [6.07, 6.45) is -3.54. The molecule has 0 aliphatic carbocycles. The quantitative estimate of drug-likeness (QED) is 0.593. The molecule has 3 aromatic rings. The molecule has 31 heavy (non-hydrogen) atoms. The van der Waals surface area contributed by atoms with Gasteiger partial charge in [-0.3, -0.25) is 4.79 Å². The number of benzene rings is 1. The van der Waals surface area contributed by atoms with E-state index in [9.17, 15) is 18.0 Å². The molecule has 0 unspecified atom stereocenters. The Balaban J connectivity index is 1.41. The molecular formula is C21H21F3N4O2S. The molecule has 6 nitrogen and oxygen atoms in total. The number of ether oxygens (including phenoxy) is 1. The fourth-order valence-electron chi connectivity index (χ4n) is 3.63. The van der Waals surface area contributed by atoms with E-state index in [2.05, 4.69) is 9.97 Å². The van der Waals surface area contributed by atoms with Gasteiger partial charge in [0.05, 0.1) is 25.3 Å². The van der Waals surface area contributed by atoms with Gasteiger partial charge in [-0.2, -0.15) is 13.2 Å². The van der Waals surface area contributed by atoms with E-state index in [0.29, 0.717) is 48.6 Å². The number of aromatic nitrogens is 2. The summed E-state index contributed by atoms with van der Waals surface area (Å²) in [5.41, 5.74) is 0.918. The van der Waals surface area contributed by atoms with Crippen LogP contribution in [0.3, 0.4) is 0 Å². The maximum Gasteiger partial charge on any atom is 0.393 e. The zero-order chi connectivity index (χ0) is 22.0. The number of amides is 1. The highest BCUT2D eigenvalue weighted by Gasteiger charge is 2.30. The number of alkyl halides is 3. The van der Waals surface area contributed by atoms with E-state index in [-0.39, 0.29) is 10.8 Å². The number of piperazine rings is 1. The van der Waals surface area contributed by atoms with Crippen LogP contribution in [0.25, 0.3) is 10.2 Å². The largest absolute Gasteiger partial charge is 0.497 e. The molecule has 1 amide bonds. The minimum atomic E-state index is -4.26. The molecule has 0 saturated carbocycles. The van der Waals surface area contributed by atoms with Gasteiger partial charge in [0.25, 0.3) is 0 Å². The Morgan fingerprint density at radius 2 is 1.84 bits per heavy atom. The molecule has 10 heteroatoms. The third kappa shape index (κ3) is 5.07. The van der Waals surface area contributed by atoms with E-state index in [1.807, 2.05) is 34.1 Å². The summed E-state index contributed by atoms with van der Waals surface area (Å²) in [7, 11) is 1.60. The summed E-state index contributed by atoms with van der Waals surface area (Å²) in [6.45, 7) is 2.18. The molecule has 1 aromatic carbocycles. The second-order valence-corrected chi connectivity index (χ2v) is 8.43. The van der Waals surface area contributed by atoms with Crippen LogP contribution >= 0.6 is 11.3 Å². The zero-order valence-corrected chi connectivity index (χ0v) is 17.7. The standard InChI is InChI=1S/C21H21F3N4O2S/c1-30-15-4-2-14(3-5-15)10-18(29)27-6-8-28(9-7-27)19-17-11-16(12-21(22,23)24)31-20(17)26-13-25-19/h2-5,11,13H,6-10,12H2,1H3. The summed E-state index contributed by atoms with van der Waals surface area (Å²) < 4.78 is 43.4. The predicted octanol–water partition coefficient (Wildman–Crippen LogP) is 3.70. The Labute approximate surface area is 181 Å². The number of halogens is 3. The van der Waals surface area contributed by atoms with Crippen LogP contribution in [0.2, 0.25) is 0 Å². The van der Waals surface area contributed by atoms with Crippen molar-refractivity contribution in [2.75, 3.05) is 38.2 Å². The molecule has 164 valence electrons. The first-order chi connectivity index (χ1) is 14.8. The average molecular weight is 450 g/mol. The molecule has 0 bridgehead atoms. The topological polar surface area (TPSA) is 58.6 Å². The van der Waals surface area contributed by atoms with Crippen LogP contribution in [0.4, 0.5) is 19.0 Å². The van der Waals surface area contributed by atoms with Gasteiger partial charge in [0.15, 0.2) is 0 Å². The molecule has 1 fully saturated rings. The van der Waals surface area contributed by atoms with Gasteiger partial charge in [-0.25, -0.2) is 9.97 Å². The van der Waals surface area contributed by atoms with Crippen LogP contribution in [0.1, 0.15) is 10.4 Å². The third-order valence-electron chi connectivity index (χ3n) is 5.18. The number of hydrogen-bond acceptors (Lipinski definition) is 6. The van der Waals surface area contributed by atoms with Crippen LogP contribution in [0, 0.1) is 0 Å². The smallest absolute Gasteiger partial charge is 0.393 e. The van der Waals surface area contributed by atoms with E-state index in [0.717, 1.165) is 22.6 Å². The second kappa shape index (κ2) is 8.70. The molecule has 0 radical (unpaired) electrons. The number of rotatable bonds is 5. The first-order valence-corrected chi connectivity index (χ1v) is 10.6. The molecule has 2 aromatic heterocycles. The van der Waals surface area contributed by atoms with Gasteiger partial charge in [0.1, 0.15) is 22.7 Å². The molecule has 1 aliphatic rings. The maximum absolute atomic E-state index is 12.8. The Bertz CT molecular complexity index is 1060. The van der Waals surface area contributed by atoms with Crippen molar-refractivity contribution in [3.05, 3.63) is 47.1 Å². The van der Waals surface area contributed by atoms with Crippen molar-refractivity contribution in [2.45, 2.75) is 19.0 Å². The summed E-state index contributed by atoms with van der Waals surface area (Å²) in [5, 5.41) is 0.629. The maximum atomic E-state index is 12.8. The van der Waals surface area contributed by atoms with Gasteiger partial charge in [0, 0.05) is 31.1 Å². The van der Waals surface area contributed by atoms with E-state index >= 15 is 0 Å². The third-order valence-corrected chi connectivity index (χ3v) is 6.22. The fraction of sp³-hybridized carbons (Fsp3) is 0.381. The van der Waals surface area contributed by atoms with Crippen LogP contribution in [0.5, 0.6) is 5.75 Å². The molecule has 4 rings (SSSR count). The van der Waals surface area contributed by atoms with Crippen molar-refractivity contribution in [1.82, 2.24) is 14.9 Å². The second-order valence-electron chi connectivity index (χ2n) is 7.31. The Kier molecular flexibility index (Phi) is 5.99. The minimum Gasteiger partial charge on any atom is -0.497 e. The number of carbonyl (C=O) groups excluding carboxylic acids is 1. The van der Waals surface area contributed by atoms with Gasteiger partial charge in [0.2, 0.25) is 5.91 Å². The zero-order valence-electron chi connectivity index (χ0n) is 16.9. The molecule has 0 spiro atoms. The first kappa shape index (κ1) is 21.4. The SMILES string of the molecule is COc1ccc(CC(=O)N2CCN(c3ncnc4sc(CC(F)(F)F)cc34)CC2)cc1. The molecule has 1 aliphatic heterocycles. The van der Waals surface area contributed by atoms with Crippen LogP contribution < -0.4 is 9.64 Å². The number of hydrogen-bond donors (Lipinski definition) is 0. The van der Waals surface area contributed by atoms with E-state index in [4.69, 9.17) is 4.74 Å². The lowest BCUT2D eigenvalue weighted by Crippen LogP contribution is -2.49. The number of anilines is 1. The number of carbonyl (C=O) groups is 1. The number of fused-ring (bicyclic) bond motifs is 1. The van der Waals surface area contributed by atoms with Crippen molar-refractivity contribution in [3.8, 4) is 5.75 Å². The summed E-state index contributed by atoms with van der Waals surface area (Å²) in [4.78, 5) is 25.7. The predicted molar refractivity (Wildman–Crippen MR) is 113 cm³/mol. The van der Waals surface area contributed by atoms with Crippen molar-refractivity contribution in [3.63, 3.8) is 0 Å². The number of thiophene rings is 1. The monoisotopic (exact) mass is 450 g/mol. The average Bonchev–Trinajstić information content (AvgIpc) is 3.15. The molecule has 0 N–H and O–H groups in total. The lowest BCUT2D eigenvalue weighted by Gasteiger charge is -2.35. The normalized spacial score (nSPS) is 14.8. The highest BCUT2D eigenvalue weighted by Crippen LogP contribution is 2.34. The Hall–Kier alpha value is -2.88. The molecule has 0 atom stereocenters. The highest BCUT2D eigenvalue weighted by atomic mass is 32.1. The summed E-state index contributed by atoms with van der Waals surface area (Å²) in [5.74, 6) is 1.41. The van der Waals surface area contributed by atoms with Crippen molar-refractivity contribution in [1.29, 1.82) is 0 Å². The van der Waals surface area contributed by atoms with Gasteiger partial charge in [-0.1, -0.05) is 12.1 Å². The lowest BCUT2D eigenvalue weighted by molar-refractivity contribution is -0.130. The van der Waals surface area contributed by atoms with Crippen LogP contribution in [-0.2, 0) is 17.6 Å². The minimum absolute atomic E-state index is 0.0423. The molecular weight excluding hydrogens is 429 g/mol. The lowest BCUT2D eigenvalue weighted by atomic mass is 10.1. The number of methoxy groups -OCH3 is 1.